The molecule has 2 aromatic heterocycles. The van der Waals surface area contributed by atoms with E-state index in [1.807, 2.05) is 19.1 Å². The van der Waals surface area contributed by atoms with Crippen LogP contribution in [0.25, 0.3) is 0 Å². The van der Waals surface area contributed by atoms with Crippen LogP contribution in [0.1, 0.15) is 45.8 Å². The van der Waals surface area contributed by atoms with Crippen molar-refractivity contribution in [1.29, 1.82) is 0 Å². The predicted octanol–water partition coefficient (Wildman–Crippen LogP) is 3.08. The van der Waals surface area contributed by atoms with Crippen molar-refractivity contribution in [2.45, 2.75) is 33.4 Å². The summed E-state index contributed by atoms with van der Waals surface area (Å²) in [6.45, 7) is 6.40. The standard InChI is InChI=1S/C18H25N5O3S.HI/c1-6-26-17(24)14-11(2)22-16(27-14)12(3)23-18(19-4)21-10-13-8-7-9-20-15(13)25-5;/h7-9,12H,6,10H2,1-5H3,(H2,19,21,23);1H. The smallest absolute Gasteiger partial charge is 0.350 e. The number of nitrogens with zero attached hydrogens (tertiary/aromatic N) is 3. The minimum absolute atomic E-state index is 0. The van der Waals surface area contributed by atoms with Gasteiger partial charge in [-0.2, -0.15) is 0 Å². The molecule has 2 aromatic rings. The molecule has 2 heterocycles. The molecule has 8 nitrogen and oxygen atoms in total. The zero-order chi connectivity index (χ0) is 19.8. The van der Waals surface area contributed by atoms with Gasteiger partial charge in [-0.1, -0.05) is 6.07 Å². The Hall–Kier alpha value is -1.95. The first-order valence-electron chi connectivity index (χ1n) is 8.59. The molecule has 0 amide bonds. The largest absolute Gasteiger partial charge is 0.481 e. The number of aliphatic imine (C=N–C) groups is 1. The van der Waals surface area contributed by atoms with Gasteiger partial charge in [0.2, 0.25) is 5.88 Å². The van der Waals surface area contributed by atoms with E-state index in [1.54, 1.807) is 34.2 Å². The fourth-order valence-corrected chi connectivity index (χ4v) is 3.33. The third-order valence-electron chi connectivity index (χ3n) is 3.71. The number of methoxy groups -OCH3 is 1. The highest BCUT2D eigenvalue weighted by Crippen LogP contribution is 2.24. The van der Waals surface area contributed by atoms with Crippen LogP contribution in [0.3, 0.4) is 0 Å². The molecule has 0 aliphatic rings. The van der Waals surface area contributed by atoms with Crippen molar-refractivity contribution in [2.75, 3.05) is 20.8 Å². The number of hydrogen-bond acceptors (Lipinski definition) is 7. The van der Waals surface area contributed by atoms with Gasteiger partial charge in [0.1, 0.15) is 9.88 Å². The second-order valence-electron chi connectivity index (χ2n) is 5.65. The molecule has 10 heteroatoms. The van der Waals surface area contributed by atoms with Crippen LogP contribution in [-0.4, -0.2) is 42.7 Å². The number of halogens is 1. The maximum Gasteiger partial charge on any atom is 0.350 e. The summed E-state index contributed by atoms with van der Waals surface area (Å²) < 4.78 is 10.3. The lowest BCUT2D eigenvalue weighted by Gasteiger charge is -2.16. The Morgan fingerprint density at radius 3 is 2.82 bits per heavy atom. The highest BCUT2D eigenvalue weighted by Gasteiger charge is 2.20. The molecule has 0 spiro atoms. The van der Waals surface area contributed by atoms with Gasteiger partial charge < -0.3 is 20.1 Å². The maximum absolute atomic E-state index is 12.0. The second kappa shape index (κ2) is 11.8. The van der Waals surface area contributed by atoms with E-state index in [1.165, 1.54) is 11.3 Å². The van der Waals surface area contributed by atoms with E-state index in [4.69, 9.17) is 9.47 Å². The molecular weight excluding hydrogens is 493 g/mol. The maximum atomic E-state index is 12.0. The SMILES string of the molecule is CCOC(=O)c1sc(C(C)NC(=NC)NCc2cccnc2OC)nc1C.I. The number of pyridine rings is 1. The molecule has 154 valence electrons. The fourth-order valence-electron chi connectivity index (χ4n) is 2.37. The normalized spacial score (nSPS) is 12.0. The number of thiazole rings is 1. The van der Waals surface area contributed by atoms with Crippen molar-refractivity contribution in [2.24, 2.45) is 4.99 Å². The molecule has 1 atom stereocenters. The number of carbonyl (C=O) groups excluding carboxylic acids is 1. The number of hydrogen-bond donors (Lipinski definition) is 2. The molecule has 0 fully saturated rings. The van der Waals surface area contributed by atoms with Gasteiger partial charge in [-0.3, -0.25) is 4.99 Å². The summed E-state index contributed by atoms with van der Waals surface area (Å²) in [5.41, 5.74) is 1.59. The Morgan fingerprint density at radius 1 is 1.43 bits per heavy atom. The number of nitrogens with one attached hydrogen (secondary N) is 2. The molecule has 0 aromatic carbocycles. The van der Waals surface area contributed by atoms with E-state index in [0.717, 1.165) is 10.6 Å². The Labute approximate surface area is 186 Å². The summed E-state index contributed by atoms with van der Waals surface area (Å²) in [5.74, 6) is 0.846. The molecule has 0 saturated carbocycles. The Bertz CT molecular complexity index is 812. The number of aromatic nitrogens is 2. The summed E-state index contributed by atoms with van der Waals surface area (Å²) >= 11 is 1.33. The van der Waals surface area contributed by atoms with Gasteiger partial charge in [0.15, 0.2) is 5.96 Å². The molecule has 1 unspecified atom stereocenters. The minimum Gasteiger partial charge on any atom is -0.481 e. The van der Waals surface area contributed by atoms with Crippen molar-refractivity contribution in [3.8, 4) is 5.88 Å². The number of esters is 1. The summed E-state index contributed by atoms with van der Waals surface area (Å²) in [4.78, 5) is 25.4. The van der Waals surface area contributed by atoms with Gasteiger partial charge >= 0.3 is 5.97 Å². The van der Waals surface area contributed by atoms with E-state index >= 15 is 0 Å². The number of rotatable bonds is 7. The first-order valence-corrected chi connectivity index (χ1v) is 9.41. The number of guanidine groups is 1. The average Bonchev–Trinajstić information content (AvgIpc) is 3.07. The van der Waals surface area contributed by atoms with Crippen LogP contribution in [0.5, 0.6) is 5.88 Å². The minimum atomic E-state index is -0.336. The van der Waals surface area contributed by atoms with Crippen LogP contribution in [0.2, 0.25) is 0 Å². The number of aryl methyl sites for hydroxylation is 1. The lowest BCUT2D eigenvalue weighted by atomic mass is 10.2. The van der Waals surface area contributed by atoms with Crippen LogP contribution in [-0.2, 0) is 11.3 Å². The fraction of sp³-hybridized carbons (Fsp3) is 0.444. The Balaban J connectivity index is 0.00000392. The zero-order valence-corrected chi connectivity index (χ0v) is 19.8. The van der Waals surface area contributed by atoms with Gasteiger partial charge in [-0.05, 0) is 26.8 Å². The monoisotopic (exact) mass is 519 g/mol. The Morgan fingerprint density at radius 2 is 2.18 bits per heavy atom. The van der Waals surface area contributed by atoms with Gasteiger partial charge in [-0.15, -0.1) is 35.3 Å². The summed E-state index contributed by atoms with van der Waals surface area (Å²) in [5, 5.41) is 7.29. The predicted molar refractivity (Wildman–Crippen MR) is 121 cm³/mol. The van der Waals surface area contributed by atoms with Crippen LogP contribution in [0, 0.1) is 6.92 Å². The van der Waals surface area contributed by atoms with Gasteiger partial charge in [0.05, 0.1) is 25.5 Å². The summed E-state index contributed by atoms with van der Waals surface area (Å²) in [6.07, 6.45) is 1.68. The Kier molecular flexibility index (Phi) is 10.1. The van der Waals surface area contributed by atoms with Crippen LogP contribution >= 0.6 is 35.3 Å². The molecule has 28 heavy (non-hydrogen) atoms. The third kappa shape index (κ3) is 6.30. The number of ether oxygens (including phenoxy) is 2. The van der Waals surface area contributed by atoms with Crippen molar-refractivity contribution in [3.63, 3.8) is 0 Å². The van der Waals surface area contributed by atoms with E-state index in [9.17, 15) is 4.79 Å². The molecule has 0 bridgehead atoms. The first kappa shape index (κ1) is 24.1. The molecule has 0 saturated heterocycles. The first-order chi connectivity index (χ1) is 13.0. The van der Waals surface area contributed by atoms with Crippen LogP contribution < -0.4 is 15.4 Å². The topological polar surface area (TPSA) is 97.7 Å². The molecule has 0 aliphatic heterocycles. The van der Waals surface area contributed by atoms with Crippen molar-refractivity contribution in [1.82, 2.24) is 20.6 Å². The van der Waals surface area contributed by atoms with Gasteiger partial charge in [0.25, 0.3) is 0 Å². The van der Waals surface area contributed by atoms with E-state index in [-0.39, 0.29) is 36.0 Å². The zero-order valence-electron chi connectivity index (χ0n) is 16.6. The van der Waals surface area contributed by atoms with E-state index in [2.05, 4.69) is 25.6 Å². The molecule has 2 N–H and O–H groups in total. The van der Waals surface area contributed by atoms with Crippen molar-refractivity contribution < 1.29 is 14.3 Å². The lowest BCUT2D eigenvalue weighted by molar-refractivity contribution is 0.0531. The van der Waals surface area contributed by atoms with Crippen molar-refractivity contribution in [3.05, 3.63) is 39.5 Å². The van der Waals surface area contributed by atoms with Crippen LogP contribution in [0.15, 0.2) is 23.3 Å². The highest BCUT2D eigenvalue weighted by atomic mass is 127. The van der Waals surface area contributed by atoms with Gasteiger partial charge in [0, 0.05) is 25.4 Å². The van der Waals surface area contributed by atoms with Crippen molar-refractivity contribution >= 4 is 47.2 Å². The molecular formula is C18H26IN5O3S. The third-order valence-corrected chi connectivity index (χ3v) is 5.03. The lowest BCUT2D eigenvalue weighted by Crippen LogP contribution is -2.38. The summed E-state index contributed by atoms with van der Waals surface area (Å²) in [6, 6.07) is 3.66. The van der Waals surface area contributed by atoms with E-state index in [0.29, 0.717) is 35.6 Å². The highest BCUT2D eigenvalue weighted by molar-refractivity contribution is 14.0. The quantitative estimate of drug-likeness (QED) is 0.251. The molecule has 0 radical (unpaired) electrons. The van der Waals surface area contributed by atoms with E-state index < -0.39 is 0 Å². The second-order valence-corrected chi connectivity index (χ2v) is 6.68. The number of carbonyl (C=O) groups is 1. The van der Waals surface area contributed by atoms with Crippen LogP contribution in [0.4, 0.5) is 0 Å². The summed E-state index contributed by atoms with van der Waals surface area (Å²) in [7, 11) is 3.28. The average molecular weight is 519 g/mol. The molecule has 0 aliphatic carbocycles. The van der Waals surface area contributed by atoms with Gasteiger partial charge in [-0.25, -0.2) is 14.8 Å². The molecule has 2 rings (SSSR count).